The summed E-state index contributed by atoms with van der Waals surface area (Å²) in [6.45, 7) is 0. The van der Waals surface area contributed by atoms with Crippen molar-refractivity contribution in [3.63, 3.8) is 0 Å². The Morgan fingerprint density at radius 1 is 1.28 bits per heavy atom. The molecule has 10 heteroatoms. The largest absolute Gasteiger partial charge is 0.453 e. The van der Waals surface area contributed by atoms with Gasteiger partial charge in [0.05, 0.1) is 12.5 Å². The fourth-order valence-electron chi connectivity index (χ4n) is 2.95. The van der Waals surface area contributed by atoms with Crippen molar-refractivity contribution in [1.82, 2.24) is 19.9 Å². The standard InChI is InChI=1S/C19H15N5O4S/c20-17(26)16(25)13(7-11-9-28-19-12(11)4-6-29-19)23-18(27)14-8-21-10-24(14)15-3-1-2-5-22-15/h1-6,8-10,13H,7H2,(H2,20,26)(H,23,27). The lowest BCUT2D eigenvalue weighted by Crippen LogP contribution is -2.47. The minimum Gasteiger partial charge on any atom is -0.453 e. The van der Waals surface area contributed by atoms with E-state index in [1.54, 1.807) is 24.4 Å². The van der Waals surface area contributed by atoms with Crippen LogP contribution in [0.15, 0.2) is 59.0 Å². The van der Waals surface area contributed by atoms with E-state index in [2.05, 4.69) is 15.3 Å². The highest BCUT2D eigenvalue weighted by molar-refractivity contribution is 7.16. The minimum absolute atomic E-state index is 0.0645. The molecule has 29 heavy (non-hydrogen) atoms. The lowest BCUT2D eigenvalue weighted by molar-refractivity contribution is -0.137. The summed E-state index contributed by atoms with van der Waals surface area (Å²) < 4.78 is 6.92. The number of pyridine rings is 1. The van der Waals surface area contributed by atoms with Gasteiger partial charge in [0.15, 0.2) is 4.90 Å². The van der Waals surface area contributed by atoms with Crippen LogP contribution in [0.5, 0.6) is 0 Å². The summed E-state index contributed by atoms with van der Waals surface area (Å²) in [6, 6.07) is 5.94. The number of rotatable bonds is 7. The Hall–Kier alpha value is -3.79. The molecular formula is C19H15N5O4S. The number of imidazole rings is 1. The van der Waals surface area contributed by atoms with Crippen LogP contribution in [-0.4, -0.2) is 38.2 Å². The molecule has 4 rings (SSSR count). The molecule has 2 amide bonds. The Labute approximate surface area is 168 Å². The number of carbonyl (C=O) groups is 3. The quantitative estimate of drug-likeness (QED) is 0.444. The van der Waals surface area contributed by atoms with Crippen molar-refractivity contribution < 1.29 is 18.8 Å². The van der Waals surface area contributed by atoms with Gasteiger partial charge in [0, 0.05) is 23.6 Å². The molecule has 4 heterocycles. The molecule has 0 aliphatic carbocycles. The average molecular weight is 409 g/mol. The second kappa shape index (κ2) is 7.68. The monoisotopic (exact) mass is 409 g/mol. The topological polar surface area (TPSA) is 133 Å². The van der Waals surface area contributed by atoms with Crippen LogP contribution >= 0.6 is 11.3 Å². The van der Waals surface area contributed by atoms with Crippen LogP contribution in [0.3, 0.4) is 0 Å². The molecular weight excluding hydrogens is 394 g/mol. The smallest absolute Gasteiger partial charge is 0.287 e. The Morgan fingerprint density at radius 2 is 2.14 bits per heavy atom. The number of nitrogens with two attached hydrogens (primary N) is 1. The molecule has 0 spiro atoms. The van der Waals surface area contributed by atoms with Crippen LogP contribution in [-0.2, 0) is 16.0 Å². The molecule has 4 aromatic rings. The first-order valence-corrected chi connectivity index (χ1v) is 9.44. The molecule has 146 valence electrons. The predicted octanol–water partition coefficient (Wildman–Crippen LogP) is 1.47. The van der Waals surface area contributed by atoms with E-state index in [-0.39, 0.29) is 12.1 Å². The first-order chi connectivity index (χ1) is 14.0. The number of ketones is 1. The van der Waals surface area contributed by atoms with Crippen LogP contribution in [0.25, 0.3) is 16.1 Å². The number of thiophene rings is 1. The number of hydrogen-bond acceptors (Lipinski definition) is 7. The van der Waals surface area contributed by atoms with E-state index in [4.69, 9.17) is 10.2 Å². The van der Waals surface area contributed by atoms with Gasteiger partial charge in [-0.25, -0.2) is 9.97 Å². The second-order valence-corrected chi connectivity index (χ2v) is 7.06. The fourth-order valence-corrected chi connectivity index (χ4v) is 3.70. The number of amides is 2. The Morgan fingerprint density at radius 3 is 2.90 bits per heavy atom. The first kappa shape index (κ1) is 18.6. The summed E-state index contributed by atoms with van der Waals surface area (Å²) in [5.41, 5.74) is 6.04. The van der Waals surface area contributed by atoms with E-state index in [0.717, 1.165) is 5.39 Å². The van der Waals surface area contributed by atoms with E-state index in [1.807, 2.05) is 11.4 Å². The minimum atomic E-state index is -1.15. The molecule has 0 aliphatic rings. The molecule has 0 radical (unpaired) electrons. The van der Waals surface area contributed by atoms with Gasteiger partial charge >= 0.3 is 0 Å². The number of primary amides is 1. The number of nitrogens with zero attached hydrogens (tertiary/aromatic N) is 3. The highest BCUT2D eigenvalue weighted by atomic mass is 32.1. The zero-order valence-corrected chi connectivity index (χ0v) is 15.8. The number of hydrogen-bond donors (Lipinski definition) is 2. The zero-order chi connectivity index (χ0) is 20.4. The summed E-state index contributed by atoms with van der Waals surface area (Å²) in [7, 11) is 0. The van der Waals surface area contributed by atoms with Crippen molar-refractivity contribution in [2.45, 2.75) is 12.5 Å². The highest BCUT2D eigenvalue weighted by Gasteiger charge is 2.28. The normalized spacial score (nSPS) is 12.0. The number of carbonyl (C=O) groups excluding carboxylic acids is 3. The summed E-state index contributed by atoms with van der Waals surface area (Å²) >= 11 is 1.41. The van der Waals surface area contributed by atoms with E-state index < -0.39 is 23.6 Å². The van der Waals surface area contributed by atoms with Gasteiger partial charge in [0.25, 0.3) is 11.8 Å². The third kappa shape index (κ3) is 3.65. The predicted molar refractivity (Wildman–Crippen MR) is 105 cm³/mol. The average Bonchev–Trinajstić information content (AvgIpc) is 3.45. The van der Waals surface area contributed by atoms with Gasteiger partial charge in [-0.2, -0.15) is 0 Å². The lowest BCUT2D eigenvalue weighted by Gasteiger charge is -2.16. The van der Waals surface area contributed by atoms with Gasteiger partial charge in [0.2, 0.25) is 5.78 Å². The Bertz CT molecular complexity index is 1190. The molecule has 0 aliphatic heterocycles. The van der Waals surface area contributed by atoms with Gasteiger partial charge in [-0.3, -0.25) is 19.0 Å². The number of nitrogens with one attached hydrogen (secondary N) is 1. The lowest BCUT2D eigenvalue weighted by atomic mass is 10.0. The Balaban J connectivity index is 1.61. The van der Waals surface area contributed by atoms with Crippen molar-refractivity contribution in [2.75, 3.05) is 0 Å². The molecule has 0 fully saturated rings. The van der Waals surface area contributed by atoms with Crippen LogP contribution in [0.1, 0.15) is 16.1 Å². The number of fused-ring (bicyclic) bond motifs is 1. The van der Waals surface area contributed by atoms with E-state index in [0.29, 0.717) is 16.3 Å². The van der Waals surface area contributed by atoms with Crippen LogP contribution in [0, 0.1) is 0 Å². The van der Waals surface area contributed by atoms with Crippen molar-refractivity contribution in [3.05, 3.63) is 65.9 Å². The molecule has 1 atom stereocenters. The third-order valence-corrected chi connectivity index (χ3v) is 5.14. The Kier molecular flexibility index (Phi) is 4.92. The van der Waals surface area contributed by atoms with Gasteiger partial charge < -0.3 is 15.5 Å². The zero-order valence-electron chi connectivity index (χ0n) is 14.9. The summed E-state index contributed by atoms with van der Waals surface area (Å²) in [4.78, 5) is 45.6. The second-order valence-electron chi connectivity index (χ2n) is 6.18. The van der Waals surface area contributed by atoms with E-state index in [9.17, 15) is 14.4 Å². The van der Waals surface area contributed by atoms with Gasteiger partial charge in [-0.15, -0.1) is 11.3 Å². The highest BCUT2D eigenvalue weighted by Crippen LogP contribution is 2.27. The van der Waals surface area contributed by atoms with Crippen LogP contribution < -0.4 is 11.1 Å². The number of Topliss-reactive ketones (excluding diaryl/α,β-unsaturated/α-hetero) is 1. The maximum atomic E-state index is 12.9. The van der Waals surface area contributed by atoms with Crippen molar-refractivity contribution in [2.24, 2.45) is 5.73 Å². The van der Waals surface area contributed by atoms with Gasteiger partial charge in [-0.1, -0.05) is 6.07 Å². The molecule has 1 unspecified atom stereocenters. The van der Waals surface area contributed by atoms with Crippen molar-refractivity contribution in [3.8, 4) is 5.82 Å². The molecule has 4 aromatic heterocycles. The fraction of sp³-hybridized carbons (Fsp3) is 0.105. The van der Waals surface area contributed by atoms with Crippen molar-refractivity contribution in [1.29, 1.82) is 0 Å². The SMILES string of the molecule is NC(=O)C(=O)C(Cc1coc2sccc12)NC(=O)c1cncn1-c1ccccn1. The maximum Gasteiger partial charge on any atom is 0.287 e. The van der Waals surface area contributed by atoms with E-state index >= 15 is 0 Å². The number of aromatic nitrogens is 3. The summed E-state index contributed by atoms with van der Waals surface area (Å²) in [6.07, 6.45) is 5.95. The molecule has 3 N–H and O–H groups in total. The van der Waals surface area contributed by atoms with Crippen LogP contribution in [0.2, 0.25) is 0 Å². The molecule has 0 bridgehead atoms. The summed E-state index contributed by atoms with van der Waals surface area (Å²) in [5.74, 6) is -2.12. The van der Waals surface area contributed by atoms with Gasteiger partial charge in [0.1, 0.15) is 23.9 Å². The van der Waals surface area contributed by atoms with E-state index in [1.165, 1.54) is 34.7 Å². The number of furan rings is 1. The third-order valence-electron chi connectivity index (χ3n) is 4.34. The van der Waals surface area contributed by atoms with Gasteiger partial charge in [-0.05, 0) is 23.6 Å². The molecule has 9 nitrogen and oxygen atoms in total. The first-order valence-electron chi connectivity index (χ1n) is 8.56. The summed E-state index contributed by atoms with van der Waals surface area (Å²) in [5, 5.41) is 5.27. The maximum absolute atomic E-state index is 12.9. The van der Waals surface area contributed by atoms with Crippen molar-refractivity contribution >= 4 is 39.2 Å². The van der Waals surface area contributed by atoms with Crippen LogP contribution in [0.4, 0.5) is 0 Å². The molecule has 0 saturated carbocycles. The molecule has 0 saturated heterocycles. The molecule has 0 aromatic carbocycles.